The fraction of sp³-hybridized carbons (Fsp3) is 0.304. The predicted octanol–water partition coefficient (Wildman–Crippen LogP) is 4.29. The van der Waals surface area contributed by atoms with Gasteiger partial charge in [0.25, 0.3) is 5.91 Å². The Balaban J connectivity index is 1.69. The molecule has 1 heterocycles. The first kappa shape index (κ1) is 22.1. The lowest BCUT2D eigenvalue weighted by Crippen LogP contribution is -2.34. The summed E-state index contributed by atoms with van der Waals surface area (Å²) in [5.74, 6) is 0.714. The number of carbonyl (C=O) groups is 1. The zero-order valence-corrected chi connectivity index (χ0v) is 19.5. The van der Waals surface area contributed by atoms with Crippen molar-refractivity contribution in [2.75, 3.05) is 27.7 Å². The Labute approximate surface area is 186 Å². The molecule has 0 fully saturated rings. The van der Waals surface area contributed by atoms with Crippen molar-refractivity contribution < 1.29 is 9.53 Å². The second-order valence-corrected chi connectivity index (χ2v) is 8.20. The largest absolute Gasteiger partial charge is 0.497 e. The number of aryl methyl sites for hydroxylation is 1. The lowest BCUT2D eigenvalue weighted by Gasteiger charge is -2.25. The molecule has 158 valence electrons. The lowest BCUT2D eigenvalue weighted by atomic mass is 10.1. The van der Waals surface area contributed by atoms with Crippen molar-refractivity contribution >= 4 is 21.8 Å². The molecular weight excluding hydrogens is 444 g/mol. The third-order valence-corrected chi connectivity index (χ3v) is 6.30. The van der Waals surface area contributed by atoms with Crippen LogP contribution in [0.15, 0.2) is 53.0 Å². The highest BCUT2D eigenvalue weighted by Crippen LogP contribution is 2.23. The van der Waals surface area contributed by atoms with Gasteiger partial charge in [-0.3, -0.25) is 4.79 Å². The van der Waals surface area contributed by atoms with Gasteiger partial charge >= 0.3 is 0 Å². The summed E-state index contributed by atoms with van der Waals surface area (Å²) in [5.41, 5.74) is 4.61. The van der Waals surface area contributed by atoms with Crippen LogP contribution in [0.2, 0.25) is 0 Å². The van der Waals surface area contributed by atoms with Gasteiger partial charge in [0.05, 0.1) is 34.7 Å². The Hall–Kier alpha value is -2.64. The molecule has 1 atom stereocenters. The number of likely N-dealkylation sites (N-methyl/N-ethyl adjacent to an activating group) is 1. The van der Waals surface area contributed by atoms with Gasteiger partial charge in [0, 0.05) is 12.1 Å². The van der Waals surface area contributed by atoms with Crippen LogP contribution in [0, 0.1) is 13.8 Å². The van der Waals surface area contributed by atoms with Gasteiger partial charge in [-0.05, 0) is 85.8 Å². The molecule has 1 N–H and O–H groups in total. The number of amides is 1. The van der Waals surface area contributed by atoms with Crippen molar-refractivity contribution in [2.45, 2.75) is 19.9 Å². The van der Waals surface area contributed by atoms with Crippen molar-refractivity contribution in [3.63, 3.8) is 0 Å². The summed E-state index contributed by atoms with van der Waals surface area (Å²) in [6.07, 6.45) is 0. The Bertz CT molecular complexity index is 1010. The summed E-state index contributed by atoms with van der Waals surface area (Å²) < 4.78 is 8.10. The van der Waals surface area contributed by atoms with Gasteiger partial charge < -0.3 is 15.0 Å². The van der Waals surface area contributed by atoms with Crippen molar-refractivity contribution in [3.8, 4) is 11.4 Å². The van der Waals surface area contributed by atoms with E-state index in [-0.39, 0.29) is 11.9 Å². The third kappa shape index (κ3) is 4.74. The number of hydrogen-bond acceptors (Lipinski definition) is 4. The van der Waals surface area contributed by atoms with E-state index in [1.54, 1.807) is 7.11 Å². The van der Waals surface area contributed by atoms with Crippen LogP contribution < -0.4 is 10.1 Å². The monoisotopic (exact) mass is 470 g/mol. The molecule has 0 spiro atoms. The second-order valence-electron chi connectivity index (χ2n) is 7.41. The number of nitrogens with one attached hydrogen (secondary N) is 1. The first-order chi connectivity index (χ1) is 14.3. The summed E-state index contributed by atoms with van der Waals surface area (Å²) in [7, 11) is 5.66. The fourth-order valence-corrected chi connectivity index (χ4v) is 3.59. The minimum absolute atomic E-state index is 0.0613. The first-order valence-corrected chi connectivity index (χ1v) is 10.5. The average molecular weight is 471 g/mol. The highest BCUT2D eigenvalue weighted by molar-refractivity contribution is 9.10. The summed E-state index contributed by atoms with van der Waals surface area (Å²) in [6, 6.07) is 15.5. The van der Waals surface area contributed by atoms with Gasteiger partial charge in [0.1, 0.15) is 5.75 Å². The van der Waals surface area contributed by atoms with Crippen molar-refractivity contribution in [2.24, 2.45) is 0 Å². The molecule has 1 amide bonds. The fourth-order valence-electron chi connectivity index (χ4n) is 3.35. The van der Waals surface area contributed by atoms with E-state index >= 15 is 0 Å². The van der Waals surface area contributed by atoms with E-state index < -0.39 is 0 Å². The van der Waals surface area contributed by atoms with Crippen molar-refractivity contribution in [1.82, 2.24) is 20.0 Å². The summed E-state index contributed by atoms with van der Waals surface area (Å²) in [6.45, 7) is 4.47. The SMILES string of the molecule is COc1ccc(C(CNC(=O)c2ccc(-n3nc(C)c(Br)c3C)cc2)N(C)C)cc1. The van der Waals surface area contributed by atoms with Crippen molar-refractivity contribution in [3.05, 3.63) is 75.5 Å². The number of halogens is 1. The molecule has 0 saturated carbocycles. The number of nitrogens with zero attached hydrogens (tertiary/aromatic N) is 3. The van der Waals surface area contributed by atoms with E-state index in [9.17, 15) is 4.79 Å². The zero-order valence-electron chi connectivity index (χ0n) is 17.9. The highest BCUT2D eigenvalue weighted by atomic mass is 79.9. The molecule has 0 bridgehead atoms. The normalized spacial score (nSPS) is 12.1. The van der Waals surface area contributed by atoms with Gasteiger partial charge in [-0.2, -0.15) is 5.10 Å². The maximum Gasteiger partial charge on any atom is 0.251 e. The van der Waals surface area contributed by atoms with Gasteiger partial charge in [0.2, 0.25) is 0 Å². The Morgan fingerprint density at radius 2 is 1.77 bits per heavy atom. The Kier molecular flexibility index (Phi) is 6.95. The van der Waals surface area contributed by atoms with Crippen LogP contribution >= 0.6 is 15.9 Å². The van der Waals surface area contributed by atoms with Gasteiger partial charge in [-0.1, -0.05) is 12.1 Å². The van der Waals surface area contributed by atoms with Crippen LogP contribution in [-0.2, 0) is 0 Å². The smallest absolute Gasteiger partial charge is 0.251 e. The second kappa shape index (κ2) is 9.45. The molecule has 1 unspecified atom stereocenters. The molecule has 0 aliphatic carbocycles. The van der Waals surface area contributed by atoms with Gasteiger partial charge in [0.15, 0.2) is 0 Å². The number of benzene rings is 2. The molecule has 7 heteroatoms. The summed E-state index contributed by atoms with van der Waals surface area (Å²) >= 11 is 3.55. The number of methoxy groups -OCH3 is 1. The molecule has 2 aromatic carbocycles. The van der Waals surface area contributed by atoms with E-state index in [2.05, 4.69) is 31.2 Å². The van der Waals surface area contributed by atoms with E-state index in [0.29, 0.717) is 12.1 Å². The van der Waals surface area contributed by atoms with E-state index in [1.165, 1.54) is 0 Å². The minimum atomic E-state index is -0.100. The number of carbonyl (C=O) groups excluding carboxylic acids is 1. The summed E-state index contributed by atoms with van der Waals surface area (Å²) in [5, 5.41) is 7.58. The Morgan fingerprint density at radius 3 is 2.27 bits per heavy atom. The topological polar surface area (TPSA) is 59.4 Å². The molecule has 0 radical (unpaired) electrons. The molecule has 3 rings (SSSR count). The first-order valence-electron chi connectivity index (χ1n) is 9.72. The van der Waals surface area contributed by atoms with Crippen LogP contribution in [0.3, 0.4) is 0 Å². The minimum Gasteiger partial charge on any atom is -0.497 e. The zero-order chi connectivity index (χ0) is 21.8. The van der Waals surface area contributed by atoms with Crippen LogP contribution in [0.5, 0.6) is 5.75 Å². The molecule has 1 aromatic heterocycles. The van der Waals surface area contributed by atoms with E-state index in [0.717, 1.165) is 32.9 Å². The summed E-state index contributed by atoms with van der Waals surface area (Å²) in [4.78, 5) is 14.8. The maximum atomic E-state index is 12.7. The lowest BCUT2D eigenvalue weighted by molar-refractivity contribution is 0.0942. The highest BCUT2D eigenvalue weighted by Gasteiger charge is 2.16. The van der Waals surface area contributed by atoms with E-state index in [1.807, 2.05) is 81.2 Å². The van der Waals surface area contributed by atoms with Gasteiger partial charge in [-0.25, -0.2) is 4.68 Å². The van der Waals surface area contributed by atoms with Crippen LogP contribution in [0.4, 0.5) is 0 Å². The van der Waals surface area contributed by atoms with Crippen molar-refractivity contribution in [1.29, 1.82) is 0 Å². The average Bonchev–Trinajstić information content (AvgIpc) is 3.01. The predicted molar refractivity (Wildman–Crippen MR) is 122 cm³/mol. The molecule has 3 aromatic rings. The molecular formula is C23H27BrN4O2. The maximum absolute atomic E-state index is 12.7. The third-order valence-electron chi connectivity index (χ3n) is 5.16. The Morgan fingerprint density at radius 1 is 1.13 bits per heavy atom. The number of rotatable bonds is 7. The molecule has 0 aliphatic rings. The number of hydrogen-bond donors (Lipinski definition) is 1. The molecule has 6 nitrogen and oxygen atoms in total. The van der Waals surface area contributed by atoms with Crippen LogP contribution in [0.1, 0.15) is 33.4 Å². The molecule has 0 aliphatic heterocycles. The molecule has 30 heavy (non-hydrogen) atoms. The quantitative estimate of drug-likeness (QED) is 0.559. The van der Waals surface area contributed by atoms with Crippen LogP contribution in [-0.4, -0.2) is 48.3 Å². The van der Waals surface area contributed by atoms with E-state index in [4.69, 9.17) is 4.74 Å². The van der Waals surface area contributed by atoms with Gasteiger partial charge in [-0.15, -0.1) is 0 Å². The standard InChI is InChI=1S/C23H27BrN4O2/c1-15-22(24)16(2)28(26-15)19-10-6-18(7-11-19)23(29)25-14-21(27(3)4)17-8-12-20(30-5)13-9-17/h6-13,21H,14H2,1-5H3,(H,25,29). The number of ether oxygens (including phenoxy) is 1. The molecule has 0 saturated heterocycles. The number of aromatic nitrogens is 2. The van der Waals surface area contributed by atoms with Crippen LogP contribution in [0.25, 0.3) is 5.69 Å².